The molecule has 3 N–H and O–H groups in total. The summed E-state index contributed by atoms with van der Waals surface area (Å²) in [6, 6.07) is 8.56. The van der Waals surface area contributed by atoms with Crippen molar-refractivity contribution in [3.05, 3.63) is 30.5 Å². The molecule has 0 bridgehead atoms. The highest BCUT2D eigenvalue weighted by atomic mass is 16.3. The SMILES string of the molecule is NC1CCC(CNc2coc3ccccc23)CC1. The molecule has 1 aromatic carbocycles. The number of fused-ring (bicyclic) bond motifs is 1. The van der Waals surface area contributed by atoms with E-state index in [1.165, 1.54) is 31.1 Å². The zero-order valence-corrected chi connectivity index (χ0v) is 10.6. The lowest BCUT2D eigenvalue weighted by molar-refractivity contribution is 0.339. The molecule has 1 saturated carbocycles. The molecule has 3 heteroatoms. The minimum Gasteiger partial charge on any atom is -0.462 e. The van der Waals surface area contributed by atoms with Crippen molar-refractivity contribution in [2.75, 3.05) is 11.9 Å². The van der Waals surface area contributed by atoms with Crippen molar-refractivity contribution in [2.45, 2.75) is 31.7 Å². The summed E-state index contributed by atoms with van der Waals surface area (Å²) in [4.78, 5) is 0. The van der Waals surface area contributed by atoms with Gasteiger partial charge in [0.1, 0.15) is 11.8 Å². The lowest BCUT2D eigenvalue weighted by atomic mass is 9.86. The zero-order valence-electron chi connectivity index (χ0n) is 10.6. The van der Waals surface area contributed by atoms with Crippen LogP contribution in [-0.2, 0) is 0 Å². The number of furan rings is 1. The van der Waals surface area contributed by atoms with Crippen LogP contribution in [-0.4, -0.2) is 12.6 Å². The van der Waals surface area contributed by atoms with E-state index in [9.17, 15) is 0 Å². The number of hydrogen-bond donors (Lipinski definition) is 2. The van der Waals surface area contributed by atoms with Crippen molar-refractivity contribution >= 4 is 16.7 Å². The van der Waals surface area contributed by atoms with Crippen LogP contribution in [0.4, 0.5) is 5.69 Å². The molecule has 3 nitrogen and oxygen atoms in total. The van der Waals surface area contributed by atoms with Gasteiger partial charge in [-0.2, -0.15) is 0 Å². The summed E-state index contributed by atoms with van der Waals surface area (Å²) in [5, 5.41) is 4.69. The van der Waals surface area contributed by atoms with Gasteiger partial charge in [-0.3, -0.25) is 0 Å². The van der Waals surface area contributed by atoms with Gasteiger partial charge in [0.05, 0.1) is 5.69 Å². The van der Waals surface area contributed by atoms with E-state index in [0.29, 0.717) is 6.04 Å². The number of anilines is 1. The molecule has 1 aliphatic rings. The highest BCUT2D eigenvalue weighted by molar-refractivity contribution is 5.90. The van der Waals surface area contributed by atoms with E-state index in [0.717, 1.165) is 23.7 Å². The molecule has 0 aliphatic heterocycles. The molecule has 0 radical (unpaired) electrons. The molecule has 1 aliphatic carbocycles. The fraction of sp³-hybridized carbons (Fsp3) is 0.467. The van der Waals surface area contributed by atoms with Crippen LogP contribution >= 0.6 is 0 Å². The Kier molecular flexibility index (Phi) is 3.24. The molecule has 18 heavy (non-hydrogen) atoms. The lowest BCUT2D eigenvalue weighted by Gasteiger charge is -2.26. The van der Waals surface area contributed by atoms with Crippen molar-refractivity contribution in [3.63, 3.8) is 0 Å². The zero-order chi connectivity index (χ0) is 12.4. The molecule has 96 valence electrons. The summed E-state index contributed by atoms with van der Waals surface area (Å²) < 4.78 is 5.52. The van der Waals surface area contributed by atoms with Gasteiger partial charge in [-0.15, -0.1) is 0 Å². The third-order valence-electron chi connectivity index (χ3n) is 3.95. The Morgan fingerprint density at radius 1 is 1.17 bits per heavy atom. The Hall–Kier alpha value is -1.48. The Morgan fingerprint density at radius 3 is 2.78 bits per heavy atom. The molecular formula is C15H20N2O. The minimum atomic E-state index is 0.427. The maximum Gasteiger partial charge on any atom is 0.136 e. The van der Waals surface area contributed by atoms with E-state index in [2.05, 4.69) is 11.4 Å². The first-order valence-electron chi connectivity index (χ1n) is 6.78. The summed E-state index contributed by atoms with van der Waals surface area (Å²) in [5.41, 5.74) is 7.99. The average molecular weight is 244 g/mol. The summed E-state index contributed by atoms with van der Waals surface area (Å²) in [6.07, 6.45) is 6.63. The van der Waals surface area contributed by atoms with Crippen LogP contribution < -0.4 is 11.1 Å². The van der Waals surface area contributed by atoms with Gasteiger partial charge >= 0.3 is 0 Å². The summed E-state index contributed by atoms with van der Waals surface area (Å²) in [5.74, 6) is 0.749. The second kappa shape index (κ2) is 5.02. The molecule has 0 atom stereocenters. The number of nitrogens with two attached hydrogens (primary N) is 1. The van der Waals surface area contributed by atoms with Gasteiger partial charge in [0.25, 0.3) is 0 Å². The van der Waals surface area contributed by atoms with Crippen molar-refractivity contribution < 1.29 is 4.42 Å². The fourth-order valence-corrected chi connectivity index (χ4v) is 2.76. The molecule has 0 unspecified atom stereocenters. The van der Waals surface area contributed by atoms with Crippen molar-refractivity contribution in [2.24, 2.45) is 11.7 Å². The average Bonchev–Trinajstić information content (AvgIpc) is 2.82. The predicted octanol–water partition coefficient (Wildman–Crippen LogP) is 3.36. The van der Waals surface area contributed by atoms with Gasteiger partial charge in [0, 0.05) is 18.0 Å². The van der Waals surface area contributed by atoms with Gasteiger partial charge in [-0.1, -0.05) is 12.1 Å². The molecule has 0 amide bonds. The van der Waals surface area contributed by atoms with Crippen LogP contribution in [0.5, 0.6) is 0 Å². The number of benzene rings is 1. The van der Waals surface area contributed by atoms with E-state index in [1.807, 2.05) is 24.5 Å². The Labute approximate surface area is 107 Å². The first kappa shape index (κ1) is 11.6. The van der Waals surface area contributed by atoms with Crippen LogP contribution in [0.3, 0.4) is 0 Å². The fourth-order valence-electron chi connectivity index (χ4n) is 2.76. The Bertz CT molecular complexity index is 512. The van der Waals surface area contributed by atoms with Crippen LogP contribution in [0.25, 0.3) is 11.0 Å². The first-order valence-corrected chi connectivity index (χ1v) is 6.78. The summed E-state index contributed by atoms with van der Waals surface area (Å²) in [6.45, 7) is 1.02. The normalized spacial score (nSPS) is 24.3. The third kappa shape index (κ3) is 2.36. The monoisotopic (exact) mass is 244 g/mol. The van der Waals surface area contributed by atoms with Gasteiger partial charge in [-0.05, 0) is 43.7 Å². The van der Waals surface area contributed by atoms with Crippen LogP contribution in [0.15, 0.2) is 34.9 Å². The standard InChI is InChI=1S/C15H20N2O/c16-12-7-5-11(6-8-12)9-17-14-10-18-15-4-2-1-3-13(14)15/h1-4,10-12,17H,5-9,16H2. The largest absolute Gasteiger partial charge is 0.462 e. The van der Waals surface area contributed by atoms with Crippen LogP contribution in [0.2, 0.25) is 0 Å². The van der Waals surface area contributed by atoms with Gasteiger partial charge < -0.3 is 15.5 Å². The molecule has 0 saturated heterocycles. The maximum atomic E-state index is 5.93. The molecule has 3 rings (SSSR count). The highest BCUT2D eigenvalue weighted by Crippen LogP contribution is 2.27. The topological polar surface area (TPSA) is 51.2 Å². The number of hydrogen-bond acceptors (Lipinski definition) is 3. The van der Waals surface area contributed by atoms with E-state index in [4.69, 9.17) is 10.2 Å². The van der Waals surface area contributed by atoms with Crippen molar-refractivity contribution in [1.82, 2.24) is 0 Å². The van der Waals surface area contributed by atoms with E-state index < -0.39 is 0 Å². The van der Waals surface area contributed by atoms with Gasteiger partial charge in [-0.25, -0.2) is 0 Å². The van der Waals surface area contributed by atoms with Crippen LogP contribution in [0.1, 0.15) is 25.7 Å². The predicted molar refractivity (Wildman–Crippen MR) is 74.6 cm³/mol. The van der Waals surface area contributed by atoms with E-state index in [-0.39, 0.29) is 0 Å². The molecule has 0 spiro atoms. The van der Waals surface area contributed by atoms with Crippen molar-refractivity contribution in [1.29, 1.82) is 0 Å². The van der Waals surface area contributed by atoms with Gasteiger partial charge in [0.2, 0.25) is 0 Å². The highest BCUT2D eigenvalue weighted by Gasteiger charge is 2.18. The first-order chi connectivity index (χ1) is 8.83. The summed E-state index contributed by atoms with van der Waals surface area (Å²) in [7, 11) is 0. The molecular weight excluding hydrogens is 224 g/mol. The van der Waals surface area contributed by atoms with E-state index >= 15 is 0 Å². The maximum absolute atomic E-state index is 5.93. The second-order valence-corrected chi connectivity index (χ2v) is 5.31. The quantitative estimate of drug-likeness (QED) is 0.870. The Balaban J connectivity index is 1.63. The minimum absolute atomic E-state index is 0.427. The Morgan fingerprint density at radius 2 is 1.94 bits per heavy atom. The van der Waals surface area contributed by atoms with Crippen LogP contribution in [0, 0.1) is 5.92 Å². The third-order valence-corrected chi connectivity index (χ3v) is 3.95. The molecule has 1 fully saturated rings. The summed E-state index contributed by atoms with van der Waals surface area (Å²) >= 11 is 0. The molecule has 1 aromatic heterocycles. The smallest absolute Gasteiger partial charge is 0.136 e. The number of nitrogens with one attached hydrogen (secondary N) is 1. The number of para-hydroxylation sites is 1. The lowest BCUT2D eigenvalue weighted by Crippen LogP contribution is -2.29. The van der Waals surface area contributed by atoms with E-state index in [1.54, 1.807) is 0 Å². The number of rotatable bonds is 3. The second-order valence-electron chi connectivity index (χ2n) is 5.31. The molecule has 1 heterocycles. The van der Waals surface area contributed by atoms with Gasteiger partial charge in [0.15, 0.2) is 0 Å². The van der Waals surface area contributed by atoms with Crippen molar-refractivity contribution in [3.8, 4) is 0 Å². The molecule has 2 aromatic rings.